The maximum absolute atomic E-state index is 11.7. The molecule has 1 unspecified atom stereocenters. The Labute approximate surface area is 99.9 Å². The number of ether oxygens (including phenoxy) is 2. The summed E-state index contributed by atoms with van der Waals surface area (Å²) in [6, 6.07) is 3.66. The predicted octanol–water partition coefficient (Wildman–Crippen LogP) is 0.773. The minimum absolute atomic E-state index is 0.0350. The maximum atomic E-state index is 11.7. The normalized spacial score (nSPS) is 18.3. The summed E-state index contributed by atoms with van der Waals surface area (Å²) < 4.78 is 10.4. The average molecular weight is 236 g/mol. The molecular formula is C12H16N2O3. The van der Waals surface area contributed by atoms with Crippen LogP contribution in [0.2, 0.25) is 0 Å². The van der Waals surface area contributed by atoms with Crippen LogP contribution in [0.4, 0.5) is 5.69 Å². The Morgan fingerprint density at radius 1 is 1.35 bits per heavy atom. The van der Waals surface area contributed by atoms with Gasteiger partial charge in [-0.05, 0) is 18.1 Å². The van der Waals surface area contributed by atoms with E-state index in [1.54, 1.807) is 20.3 Å². The van der Waals surface area contributed by atoms with Crippen LogP contribution in [0.25, 0.3) is 0 Å². The summed E-state index contributed by atoms with van der Waals surface area (Å²) >= 11 is 0. The number of rotatable bonds is 3. The molecule has 1 amide bonds. The van der Waals surface area contributed by atoms with Gasteiger partial charge in [0.15, 0.2) is 11.5 Å². The van der Waals surface area contributed by atoms with Gasteiger partial charge in [0.2, 0.25) is 5.91 Å². The third kappa shape index (κ3) is 2.06. The number of amides is 1. The fourth-order valence-corrected chi connectivity index (χ4v) is 1.99. The second-order valence-electron chi connectivity index (χ2n) is 3.99. The van der Waals surface area contributed by atoms with Crippen LogP contribution < -0.4 is 20.5 Å². The number of benzene rings is 1. The number of carbonyl (C=O) groups is 1. The molecule has 0 spiro atoms. The van der Waals surface area contributed by atoms with E-state index >= 15 is 0 Å². The summed E-state index contributed by atoms with van der Waals surface area (Å²) in [6.07, 6.45) is 0.637. The quantitative estimate of drug-likeness (QED) is 0.813. The Morgan fingerprint density at radius 3 is 2.59 bits per heavy atom. The molecule has 1 heterocycles. The van der Waals surface area contributed by atoms with Crippen molar-refractivity contribution in [2.45, 2.75) is 6.42 Å². The van der Waals surface area contributed by atoms with Crippen molar-refractivity contribution in [3.05, 3.63) is 17.7 Å². The molecule has 1 aromatic rings. The number of fused-ring (bicyclic) bond motifs is 1. The molecule has 17 heavy (non-hydrogen) atoms. The molecule has 1 aliphatic heterocycles. The Bertz CT molecular complexity index is 446. The molecular weight excluding hydrogens is 220 g/mol. The molecule has 0 saturated carbocycles. The van der Waals surface area contributed by atoms with E-state index in [-0.39, 0.29) is 11.8 Å². The summed E-state index contributed by atoms with van der Waals surface area (Å²) in [5, 5.41) is 2.83. The Kier molecular flexibility index (Phi) is 3.19. The molecule has 0 aliphatic carbocycles. The van der Waals surface area contributed by atoms with E-state index < -0.39 is 0 Å². The number of nitrogens with two attached hydrogens (primary N) is 1. The lowest BCUT2D eigenvalue weighted by Crippen LogP contribution is -2.34. The first-order valence-electron chi connectivity index (χ1n) is 5.45. The number of hydrogen-bond acceptors (Lipinski definition) is 4. The highest BCUT2D eigenvalue weighted by Crippen LogP contribution is 2.36. The van der Waals surface area contributed by atoms with Crippen molar-refractivity contribution in [3.63, 3.8) is 0 Å². The van der Waals surface area contributed by atoms with Gasteiger partial charge in [0.05, 0.1) is 20.1 Å². The maximum Gasteiger partial charge on any atom is 0.229 e. The van der Waals surface area contributed by atoms with Gasteiger partial charge in [-0.1, -0.05) is 0 Å². The molecule has 0 bridgehead atoms. The van der Waals surface area contributed by atoms with Gasteiger partial charge in [0.25, 0.3) is 0 Å². The second kappa shape index (κ2) is 4.63. The van der Waals surface area contributed by atoms with Crippen LogP contribution in [-0.2, 0) is 11.2 Å². The first kappa shape index (κ1) is 11.7. The van der Waals surface area contributed by atoms with E-state index in [0.717, 1.165) is 11.3 Å². The van der Waals surface area contributed by atoms with Crippen LogP contribution in [0.1, 0.15) is 5.56 Å². The molecule has 0 saturated heterocycles. The van der Waals surface area contributed by atoms with Crippen molar-refractivity contribution in [2.75, 3.05) is 26.1 Å². The highest BCUT2D eigenvalue weighted by atomic mass is 16.5. The van der Waals surface area contributed by atoms with Crippen molar-refractivity contribution in [3.8, 4) is 11.5 Å². The molecule has 3 N–H and O–H groups in total. The minimum atomic E-state index is -0.166. The third-order valence-electron chi connectivity index (χ3n) is 2.99. The van der Waals surface area contributed by atoms with Gasteiger partial charge >= 0.3 is 0 Å². The lowest BCUT2D eigenvalue weighted by molar-refractivity contribution is -0.119. The van der Waals surface area contributed by atoms with Gasteiger partial charge in [0.1, 0.15) is 0 Å². The fourth-order valence-electron chi connectivity index (χ4n) is 1.99. The van der Waals surface area contributed by atoms with Gasteiger partial charge in [-0.3, -0.25) is 4.79 Å². The summed E-state index contributed by atoms with van der Waals surface area (Å²) in [6.45, 7) is 0.347. The molecule has 92 valence electrons. The molecule has 1 atom stereocenters. The molecule has 0 radical (unpaired) electrons. The molecule has 5 nitrogen and oxygen atoms in total. The summed E-state index contributed by atoms with van der Waals surface area (Å²) in [7, 11) is 3.16. The standard InChI is InChI=1S/C12H16N2O3/c1-16-10-4-7-3-8(6-13)12(15)14-9(7)5-11(10)17-2/h4-5,8H,3,6,13H2,1-2H3,(H,14,15). The van der Waals surface area contributed by atoms with Crippen molar-refractivity contribution >= 4 is 11.6 Å². The van der Waals surface area contributed by atoms with E-state index in [0.29, 0.717) is 24.5 Å². The summed E-state index contributed by atoms with van der Waals surface area (Å²) in [5.74, 6) is 1.07. The number of nitrogens with one attached hydrogen (secondary N) is 1. The van der Waals surface area contributed by atoms with E-state index in [9.17, 15) is 4.79 Å². The van der Waals surface area contributed by atoms with Gasteiger partial charge in [-0.15, -0.1) is 0 Å². The topological polar surface area (TPSA) is 73.6 Å². The fraction of sp³-hybridized carbons (Fsp3) is 0.417. The lowest BCUT2D eigenvalue weighted by Gasteiger charge is -2.24. The molecule has 2 rings (SSSR count). The van der Waals surface area contributed by atoms with Gasteiger partial charge in [-0.2, -0.15) is 0 Å². The Balaban J connectivity index is 2.41. The molecule has 1 aliphatic rings. The smallest absolute Gasteiger partial charge is 0.229 e. The lowest BCUT2D eigenvalue weighted by atomic mass is 9.93. The predicted molar refractivity (Wildman–Crippen MR) is 64.4 cm³/mol. The van der Waals surface area contributed by atoms with Crippen molar-refractivity contribution in [1.29, 1.82) is 0 Å². The van der Waals surface area contributed by atoms with Crippen LogP contribution in [0.3, 0.4) is 0 Å². The monoisotopic (exact) mass is 236 g/mol. The largest absolute Gasteiger partial charge is 0.493 e. The summed E-state index contributed by atoms with van der Waals surface area (Å²) in [5.41, 5.74) is 7.36. The van der Waals surface area contributed by atoms with Crippen LogP contribution in [0, 0.1) is 5.92 Å². The Hall–Kier alpha value is -1.75. The third-order valence-corrected chi connectivity index (χ3v) is 2.99. The molecule has 0 fully saturated rings. The van der Waals surface area contributed by atoms with Gasteiger partial charge in [-0.25, -0.2) is 0 Å². The van der Waals surface area contributed by atoms with Crippen molar-refractivity contribution in [2.24, 2.45) is 11.7 Å². The van der Waals surface area contributed by atoms with Crippen LogP contribution in [0.15, 0.2) is 12.1 Å². The number of methoxy groups -OCH3 is 2. The second-order valence-corrected chi connectivity index (χ2v) is 3.99. The SMILES string of the molecule is COc1cc2c(cc1OC)NC(=O)C(CN)C2. The first-order valence-corrected chi connectivity index (χ1v) is 5.45. The van der Waals surface area contributed by atoms with Crippen molar-refractivity contribution < 1.29 is 14.3 Å². The number of anilines is 1. The van der Waals surface area contributed by atoms with E-state index in [2.05, 4.69) is 5.32 Å². The zero-order chi connectivity index (χ0) is 12.4. The summed E-state index contributed by atoms with van der Waals surface area (Å²) in [4.78, 5) is 11.7. The zero-order valence-electron chi connectivity index (χ0n) is 9.95. The van der Waals surface area contributed by atoms with Crippen LogP contribution >= 0.6 is 0 Å². The highest BCUT2D eigenvalue weighted by molar-refractivity contribution is 5.96. The minimum Gasteiger partial charge on any atom is -0.493 e. The first-order chi connectivity index (χ1) is 8.19. The van der Waals surface area contributed by atoms with Crippen LogP contribution in [0.5, 0.6) is 11.5 Å². The van der Waals surface area contributed by atoms with E-state index in [4.69, 9.17) is 15.2 Å². The van der Waals surface area contributed by atoms with E-state index in [1.165, 1.54) is 0 Å². The molecule has 5 heteroatoms. The average Bonchev–Trinajstić information content (AvgIpc) is 2.36. The number of hydrogen-bond donors (Lipinski definition) is 2. The zero-order valence-corrected chi connectivity index (χ0v) is 9.95. The highest BCUT2D eigenvalue weighted by Gasteiger charge is 2.26. The van der Waals surface area contributed by atoms with Crippen LogP contribution in [-0.4, -0.2) is 26.7 Å². The van der Waals surface area contributed by atoms with E-state index in [1.807, 2.05) is 6.07 Å². The molecule has 1 aromatic carbocycles. The molecule has 0 aromatic heterocycles. The van der Waals surface area contributed by atoms with Crippen molar-refractivity contribution in [1.82, 2.24) is 0 Å². The van der Waals surface area contributed by atoms with Gasteiger partial charge in [0, 0.05) is 18.3 Å². The van der Waals surface area contributed by atoms with Gasteiger partial charge < -0.3 is 20.5 Å². The number of carbonyl (C=O) groups excluding carboxylic acids is 1. The Morgan fingerprint density at radius 2 is 2.00 bits per heavy atom.